The SMILES string of the molecule is O=C(O)C1=C2CCCCC2C2CC[N+]12[O-]. The molecule has 2 aliphatic heterocycles. The van der Waals surface area contributed by atoms with E-state index in [1.54, 1.807) is 0 Å². The van der Waals surface area contributed by atoms with E-state index in [9.17, 15) is 10.0 Å². The standard InChI is InChI=1S/C11H15NO3/c13-11(14)10-8-4-2-1-3-7(8)9-5-6-12(9,10)15/h7,9H,1-6H2,(H,13,14). The highest BCUT2D eigenvalue weighted by atomic mass is 16.6. The summed E-state index contributed by atoms with van der Waals surface area (Å²) in [6.07, 6.45) is 4.98. The lowest BCUT2D eigenvalue weighted by Gasteiger charge is -2.53. The van der Waals surface area contributed by atoms with Gasteiger partial charge in [-0.15, -0.1) is 0 Å². The number of hydrogen-bond donors (Lipinski definition) is 1. The van der Waals surface area contributed by atoms with Gasteiger partial charge in [0, 0.05) is 11.5 Å². The summed E-state index contributed by atoms with van der Waals surface area (Å²) >= 11 is 0. The third kappa shape index (κ3) is 1.01. The zero-order valence-electron chi connectivity index (χ0n) is 8.61. The van der Waals surface area contributed by atoms with Crippen molar-refractivity contribution in [1.82, 2.24) is 0 Å². The zero-order chi connectivity index (χ0) is 10.6. The summed E-state index contributed by atoms with van der Waals surface area (Å²) in [4.78, 5) is 11.2. The molecule has 3 atom stereocenters. The summed E-state index contributed by atoms with van der Waals surface area (Å²) in [5.41, 5.74) is 1.17. The minimum absolute atomic E-state index is 0.0476. The van der Waals surface area contributed by atoms with E-state index < -0.39 is 10.6 Å². The fraction of sp³-hybridized carbons (Fsp3) is 0.727. The molecule has 1 aliphatic carbocycles. The molecule has 4 nitrogen and oxygen atoms in total. The second kappa shape index (κ2) is 2.83. The van der Waals surface area contributed by atoms with Crippen LogP contribution in [0.1, 0.15) is 32.1 Å². The quantitative estimate of drug-likeness (QED) is 0.527. The fourth-order valence-corrected chi connectivity index (χ4v) is 3.58. The Balaban J connectivity index is 2.08. The average molecular weight is 209 g/mol. The van der Waals surface area contributed by atoms with E-state index in [0.29, 0.717) is 6.54 Å². The van der Waals surface area contributed by atoms with Crippen molar-refractivity contribution in [2.75, 3.05) is 6.54 Å². The number of fused-ring (bicyclic) bond motifs is 3. The molecule has 82 valence electrons. The third-order valence-corrected chi connectivity index (χ3v) is 4.30. The van der Waals surface area contributed by atoms with Crippen LogP contribution in [-0.2, 0) is 4.79 Å². The lowest BCUT2D eigenvalue weighted by molar-refractivity contribution is -0.904. The Morgan fingerprint density at radius 2 is 2.20 bits per heavy atom. The van der Waals surface area contributed by atoms with Crippen molar-refractivity contribution in [3.63, 3.8) is 0 Å². The lowest BCUT2D eigenvalue weighted by Crippen LogP contribution is -2.60. The number of rotatable bonds is 1. The molecule has 0 spiro atoms. The molecule has 3 aliphatic rings. The van der Waals surface area contributed by atoms with Crippen LogP contribution in [0.15, 0.2) is 11.3 Å². The first kappa shape index (κ1) is 9.36. The van der Waals surface area contributed by atoms with Gasteiger partial charge in [0.05, 0.1) is 13.0 Å². The van der Waals surface area contributed by atoms with Gasteiger partial charge in [0.15, 0.2) is 0 Å². The maximum Gasteiger partial charge on any atom is 0.390 e. The van der Waals surface area contributed by atoms with Crippen LogP contribution in [0, 0.1) is 11.1 Å². The van der Waals surface area contributed by atoms with Crippen LogP contribution in [0.25, 0.3) is 0 Å². The van der Waals surface area contributed by atoms with Gasteiger partial charge < -0.3 is 15.0 Å². The molecular formula is C11H15NO3. The summed E-state index contributed by atoms with van der Waals surface area (Å²) in [7, 11) is 0. The number of carbonyl (C=O) groups is 1. The van der Waals surface area contributed by atoms with Crippen LogP contribution in [0.4, 0.5) is 0 Å². The van der Waals surface area contributed by atoms with Crippen LogP contribution >= 0.6 is 0 Å². The van der Waals surface area contributed by atoms with Crippen molar-refractivity contribution in [3.05, 3.63) is 16.5 Å². The van der Waals surface area contributed by atoms with Gasteiger partial charge in [-0.2, -0.15) is 0 Å². The highest BCUT2D eigenvalue weighted by molar-refractivity contribution is 5.86. The van der Waals surface area contributed by atoms with Gasteiger partial charge >= 0.3 is 5.97 Å². The molecule has 3 rings (SSSR count). The molecule has 0 radical (unpaired) electrons. The van der Waals surface area contributed by atoms with Gasteiger partial charge in [-0.1, -0.05) is 6.42 Å². The lowest BCUT2D eigenvalue weighted by atomic mass is 9.79. The van der Waals surface area contributed by atoms with E-state index >= 15 is 0 Å². The van der Waals surface area contributed by atoms with Crippen LogP contribution in [0.3, 0.4) is 0 Å². The summed E-state index contributed by atoms with van der Waals surface area (Å²) in [5, 5.41) is 21.5. The molecular weight excluding hydrogens is 194 g/mol. The zero-order valence-corrected chi connectivity index (χ0v) is 8.61. The predicted molar refractivity (Wildman–Crippen MR) is 53.5 cm³/mol. The van der Waals surface area contributed by atoms with Crippen LogP contribution in [0.5, 0.6) is 0 Å². The molecule has 3 unspecified atom stereocenters. The van der Waals surface area contributed by atoms with E-state index in [1.807, 2.05) is 0 Å². The molecule has 1 saturated carbocycles. The normalized spacial score (nSPS) is 43.3. The third-order valence-electron chi connectivity index (χ3n) is 4.30. The van der Waals surface area contributed by atoms with Gasteiger partial charge in [0.2, 0.25) is 5.70 Å². The summed E-state index contributed by atoms with van der Waals surface area (Å²) in [5.74, 6) is -0.690. The van der Waals surface area contributed by atoms with Crippen LogP contribution < -0.4 is 0 Å². The van der Waals surface area contributed by atoms with Crippen molar-refractivity contribution in [3.8, 4) is 0 Å². The van der Waals surface area contributed by atoms with Gasteiger partial charge in [0.1, 0.15) is 6.04 Å². The van der Waals surface area contributed by atoms with Crippen LogP contribution in [0.2, 0.25) is 0 Å². The summed E-state index contributed by atoms with van der Waals surface area (Å²) in [6, 6.07) is 0.0476. The van der Waals surface area contributed by atoms with E-state index in [4.69, 9.17) is 5.11 Å². The minimum Gasteiger partial charge on any atom is -0.627 e. The first-order valence-electron chi connectivity index (χ1n) is 5.70. The molecule has 0 bridgehead atoms. The highest BCUT2D eigenvalue weighted by Gasteiger charge is 2.58. The first-order chi connectivity index (χ1) is 7.14. The fourth-order valence-electron chi connectivity index (χ4n) is 3.58. The molecule has 2 fully saturated rings. The van der Waals surface area contributed by atoms with Crippen molar-refractivity contribution in [1.29, 1.82) is 0 Å². The van der Waals surface area contributed by atoms with Gasteiger partial charge in [0.25, 0.3) is 0 Å². The van der Waals surface area contributed by atoms with Crippen LogP contribution in [-0.4, -0.2) is 28.3 Å². The van der Waals surface area contributed by atoms with Crippen molar-refractivity contribution >= 4 is 5.97 Å². The number of hydrogen-bond acceptors (Lipinski definition) is 2. The monoisotopic (exact) mass is 209 g/mol. The Kier molecular flexibility index (Phi) is 1.77. The van der Waals surface area contributed by atoms with E-state index in [2.05, 4.69) is 0 Å². The van der Waals surface area contributed by atoms with E-state index in [0.717, 1.165) is 37.7 Å². The van der Waals surface area contributed by atoms with Gasteiger partial charge in [-0.3, -0.25) is 0 Å². The minimum atomic E-state index is -0.978. The highest BCUT2D eigenvalue weighted by Crippen LogP contribution is 2.52. The molecule has 15 heavy (non-hydrogen) atoms. The van der Waals surface area contributed by atoms with Crippen molar-refractivity contribution < 1.29 is 14.5 Å². The number of nitrogens with zero attached hydrogens (tertiary/aromatic N) is 1. The average Bonchev–Trinajstić information content (AvgIpc) is 2.34. The molecule has 0 aromatic rings. The number of carboxylic acids is 1. The Bertz CT molecular complexity index is 363. The first-order valence-corrected chi connectivity index (χ1v) is 5.70. The maximum atomic E-state index is 12.4. The maximum absolute atomic E-state index is 12.4. The smallest absolute Gasteiger partial charge is 0.390 e. The molecule has 1 saturated heterocycles. The number of carboxylic acid groups (broad SMARTS) is 1. The number of hydroxylamine groups is 3. The molecule has 4 heteroatoms. The van der Waals surface area contributed by atoms with Gasteiger partial charge in [-0.05, 0) is 19.3 Å². The Morgan fingerprint density at radius 3 is 2.80 bits per heavy atom. The molecule has 2 heterocycles. The second-order valence-corrected chi connectivity index (χ2v) is 4.91. The molecule has 0 aromatic heterocycles. The molecule has 0 amide bonds. The largest absolute Gasteiger partial charge is 0.627 e. The molecule has 1 N–H and O–H groups in total. The Hall–Kier alpha value is -0.870. The second-order valence-electron chi connectivity index (χ2n) is 4.91. The van der Waals surface area contributed by atoms with E-state index in [-0.39, 0.29) is 17.7 Å². The predicted octanol–water partition coefficient (Wildman–Crippen LogP) is 1.62. The number of quaternary nitrogens is 1. The van der Waals surface area contributed by atoms with Crippen molar-refractivity contribution in [2.45, 2.75) is 38.1 Å². The van der Waals surface area contributed by atoms with E-state index in [1.165, 1.54) is 0 Å². The summed E-state index contributed by atoms with van der Waals surface area (Å²) < 4.78 is -0.519. The molecule has 0 aromatic carbocycles. The topological polar surface area (TPSA) is 60.4 Å². The number of aliphatic carboxylic acids is 1. The summed E-state index contributed by atoms with van der Waals surface area (Å²) in [6.45, 7) is 0.478. The Morgan fingerprint density at radius 1 is 1.40 bits per heavy atom. The Labute approximate surface area is 88.4 Å². The van der Waals surface area contributed by atoms with Gasteiger partial charge in [-0.25, -0.2) is 4.79 Å². The van der Waals surface area contributed by atoms with Crippen molar-refractivity contribution in [2.24, 2.45) is 5.92 Å².